The first-order chi connectivity index (χ1) is 14.3. The van der Waals surface area contributed by atoms with Crippen LogP contribution in [0.1, 0.15) is 11.1 Å². The molecule has 0 spiro atoms. The third kappa shape index (κ3) is 3.22. The van der Waals surface area contributed by atoms with E-state index in [2.05, 4.69) is 79.8 Å². The highest BCUT2D eigenvalue weighted by Crippen LogP contribution is 2.39. The molecule has 0 aromatic heterocycles. The summed E-state index contributed by atoms with van der Waals surface area (Å²) in [6.45, 7) is 4.24. The van der Waals surface area contributed by atoms with Crippen LogP contribution in [0.4, 0.5) is 0 Å². The minimum atomic E-state index is 0.402. The summed E-state index contributed by atoms with van der Waals surface area (Å²) in [5, 5.41) is 11.5. The van der Waals surface area contributed by atoms with Crippen molar-refractivity contribution in [2.45, 2.75) is 11.0 Å². The van der Waals surface area contributed by atoms with Gasteiger partial charge in [-0.1, -0.05) is 23.5 Å². The van der Waals surface area contributed by atoms with Gasteiger partial charge >= 0.3 is 0 Å². The van der Waals surface area contributed by atoms with Crippen LogP contribution in [0, 0.1) is 0 Å². The molecule has 2 N–H and O–H groups in total. The van der Waals surface area contributed by atoms with Crippen LogP contribution in [0.15, 0.2) is 59.3 Å². The normalized spacial score (nSPS) is 25.1. The molecule has 7 heteroatoms. The second kappa shape index (κ2) is 7.32. The Balaban J connectivity index is 1.14. The third-order valence-electron chi connectivity index (χ3n) is 5.68. The number of fused-ring (bicyclic) bond motifs is 2. The van der Waals surface area contributed by atoms with E-state index >= 15 is 0 Å². The van der Waals surface area contributed by atoms with E-state index in [4.69, 9.17) is 4.74 Å². The van der Waals surface area contributed by atoms with Crippen LogP contribution in [-0.2, 0) is 0 Å². The molecule has 0 amide bonds. The van der Waals surface area contributed by atoms with E-state index in [-0.39, 0.29) is 0 Å². The molecular weight excluding hydrogens is 400 g/mol. The predicted octanol–water partition coefficient (Wildman–Crippen LogP) is 3.95. The van der Waals surface area contributed by atoms with Gasteiger partial charge in [-0.05, 0) is 70.5 Å². The van der Waals surface area contributed by atoms with Gasteiger partial charge in [-0.25, -0.2) is 0 Å². The highest BCUT2D eigenvalue weighted by Gasteiger charge is 2.32. The van der Waals surface area contributed by atoms with E-state index < -0.39 is 0 Å². The standard InChI is InChI=1S/C22H22N4OS2/c1-5-17(6-2-15(1)19-13-28-21-23-9-11-25(19)21)27-18-7-3-16(4-8-18)20-14-29-22-24-10-12-26(20)22/h1-8,13-14,21-24H,9-12H2. The topological polar surface area (TPSA) is 39.8 Å². The summed E-state index contributed by atoms with van der Waals surface area (Å²) in [6, 6.07) is 16.8. The fourth-order valence-corrected chi connectivity index (χ4v) is 6.41. The Labute approximate surface area is 179 Å². The van der Waals surface area contributed by atoms with E-state index in [0.29, 0.717) is 11.0 Å². The Morgan fingerprint density at radius 1 is 0.690 bits per heavy atom. The van der Waals surface area contributed by atoms with Crippen LogP contribution in [0.3, 0.4) is 0 Å². The second-order valence-corrected chi connectivity index (χ2v) is 9.34. The molecule has 6 rings (SSSR count). The molecule has 0 radical (unpaired) electrons. The van der Waals surface area contributed by atoms with E-state index in [9.17, 15) is 0 Å². The second-order valence-electron chi connectivity index (χ2n) is 7.43. The molecule has 0 aliphatic carbocycles. The summed E-state index contributed by atoms with van der Waals surface area (Å²) < 4.78 is 6.09. The van der Waals surface area contributed by atoms with Crippen molar-refractivity contribution in [2.75, 3.05) is 26.2 Å². The van der Waals surface area contributed by atoms with Gasteiger partial charge in [0.1, 0.15) is 22.5 Å². The van der Waals surface area contributed by atoms with Gasteiger partial charge in [-0.2, -0.15) is 0 Å². The van der Waals surface area contributed by atoms with Crippen molar-refractivity contribution >= 4 is 34.9 Å². The van der Waals surface area contributed by atoms with Gasteiger partial charge in [0.2, 0.25) is 0 Å². The van der Waals surface area contributed by atoms with Gasteiger partial charge in [-0.15, -0.1) is 0 Å². The van der Waals surface area contributed by atoms with E-state index in [1.807, 2.05) is 23.5 Å². The highest BCUT2D eigenvalue weighted by atomic mass is 32.2. The average Bonchev–Trinajstić information content (AvgIpc) is 3.51. The van der Waals surface area contributed by atoms with Crippen molar-refractivity contribution in [1.29, 1.82) is 0 Å². The summed E-state index contributed by atoms with van der Waals surface area (Å²) >= 11 is 3.70. The Morgan fingerprint density at radius 2 is 1.14 bits per heavy atom. The smallest absolute Gasteiger partial charge is 0.132 e. The van der Waals surface area contributed by atoms with Gasteiger partial charge in [0.25, 0.3) is 0 Å². The van der Waals surface area contributed by atoms with Crippen molar-refractivity contribution in [3.8, 4) is 11.5 Å². The average molecular weight is 423 g/mol. The van der Waals surface area contributed by atoms with Crippen molar-refractivity contribution in [3.63, 3.8) is 0 Å². The van der Waals surface area contributed by atoms with Crippen molar-refractivity contribution < 1.29 is 4.74 Å². The molecule has 2 aromatic carbocycles. The van der Waals surface area contributed by atoms with E-state index in [1.54, 1.807) is 0 Å². The zero-order valence-corrected chi connectivity index (χ0v) is 17.5. The SMILES string of the molecule is C1=C(c2ccc(Oc3ccc(C4=CSC5NCCN45)cc3)cc2)N2CCNC2S1. The maximum atomic E-state index is 6.09. The Hall–Kier alpha value is -2.06. The maximum absolute atomic E-state index is 6.09. The summed E-state index contributed by atoms with van der Waals surface area (Å²) in [5.74, 6) is 1.73. The quantitative estimate of drug-likeness (QED) is 0.773. The molecule has 4 heterocycles. The number of nitrogens with zero attached hydrogens (tertiary/aromatic N) is 2. The van der Waals surface area contributed by atoms with Crippen LogP contribution in [0.25, 0.3) is 11.4 Å². The summed E-state index contributed by atoms with van der Waals surface area (Å²) in [6.07, 6.45) is 0. The van der Waals surface area contributed by atoms with Crippen molar-refractivity contribution in [2.24, 2.45) is 0 Å². The molecule has 2 saturated heterocycles. The lowest BCUT2D eigenvalue weighted by atomic mass is 10.1. The van der Waals surface area contributed by atoms with Crippen LogP contribution < -0.4 is 15.4 Å². The lowest BCUT2D eigenvalue weighted by molar-refractivity contribution is 0.459. The first kappa shape index (κ1) is 17.8. The monoisotopic (exact) mass is 422 g/mol. The lowest BCUT2D eigenvalue weighted by Crippen LogP contribution is -2.27. The highest BCUT2D eigenvalue weighted by molar-refractivity contribution is 8.03. The lowest BCUT2D eigenvalue weighted by Gasteiger charge is -2.21. The van der Waals surface area contributed by atoms with Gasteiger partial charge in [0.05, 0.1) is 11.4 Å². The molecule has 0 bridgehead atoms. The molecule has 148 valence electrons. The Kier molecular flexibility index (Phi) is 4.49. The Bertz CT molecular complexity index is 894. The molecule has 4 aliphatic rings. The molecule has 4 aliphatic heterocycles. The van der Waals surface area contributed by atoms with Gasteiger partial charge < -0.3 is 14.5 Å². The van der Waals surface area contributed by atoms with Crippen molar-refractivity contribution in [3.05, 3.63) is 70.5 Å². The van der Waals surface area contributed by atoms with Gasteiger partial charge in [0, 0.05) is 26.2 Å². The van der Waals surface area contributed by atoms with E-state index in [1.165, 1.54) is 22.5 Å². The number of hydrogen-bond acceptors (Lipinski definition) is 7. The summed E-state index contributed by atoms with van der Waals surface area (Å²) in [4.78, 5) is 4.85. The fourth-order valence-electron chi connectivity index (χ4n) is 4.19. The van der Waals surface area contributed by atoms with Crippen LogP contribution in [-0.4, -0.2) is 47.0 Å². The zero-order valence-electron chi connectivity index (χ0n) is 15.9. The van der Waals surface area contributed by atoms with Gasteiger partial charge in [0.15, 0.2) is 0 Å². The molecular formula is C22H22N4OS2. The van der Waals surface area contributed by atoms with Gasteiger partial charge in [-0.3, -0.25) is 10.6 Å². The zero-order chi connectivity index (χ0) is 19.2. The summed E-state index contributed by atoms with van der Waals surface area (Å²) in [7, 11) is 0. The van der Waals surface area contributed by atoms with Crippen molar-refractivity contribution in [1.82, 2.24) is 20.4 Å². The molecule has 29 heavy (non-hydrogen) atoms. The maximum Gasteiger partial charge on any atom is 0.132 e. The predicted molar refractivity (Wildman–Crippen MR) is 121 cm³/mol. The van der Waals surface area contributed by atoms with Crippen LogP contribution >= 0.6 is 23.5 Å². The van der Waals surface area contributed by atoms with Crippen LogP contribution in [0.2, 0.25) is 0 Å². The van der Waals surface area contributed by atoms with Crippen LogP contribution in [0.5, 0.6) is 11.5 Å². The number of thioether (sulfide) groups is 2. The minimum Gasteiger partial charge on any atom is -0.457 e. The fraction of sp³-hybridized carbons (Fsp3) is 0.273. The molecule has 2 atom stereocenters. The number of nitrogens with one attached hydrogen (secondary N) is 2. The minimum absolute atomic E-state index is 0.402. The summed E-state index contributed by atoms with van der Waals surface area (Å²) in [5.41, 5.74) is 5.90. The Morgan fingerprint density at radius 3 is 1.59 bits per heavy atom. The first-order valence-electron chi connectivity index (χ1n) is 9.95. The third-order valence-corrected chi connectivity index (χ3v) is 7.76. The number of hydrogen-bond donors (Lipinski definition) is 2. The molecule has 2 unspecified atom stereocenters. The number of rotatable bonds is 4. The largest absolute Gasteiger partial charge is 0.457 e. The molecule has 2 fully saturated rings. The molecule has 2 aromatic rings. The van der Waals surface area contributed by atoms with E-state index in [0.717, 1.165) is 37.7 Å². The first-order valence-corrected chi connectivity index (χ1v) is 11.8. The number of benzene rings is 2. The number of ether oxygens (including phenoxy) is 1. The molecule has 5 nitrogen and oxygen atoms in total. The molecule has 0 saturated carbocycles.